The summed E-state index contributed by atoms with van der Waals surface area (Å²) in [5.41, 5.74) is -2.38. The summed E-state index contributed by atoms with van der Waals surface area (Å²) >= 11 is 0. The molecule has 0 saturated carbocycles. The number of likely N-dealkylation sites (N-methyl/N-ethyl adjacent to an activating group) is 1. The Labute approximate surface area is 214 Å². The molecular formula is C26H25F5N4O3. The fraction of sp³-hybridized carbons (Fsp3) is 0.385. The maximum Gasteiger partial charge on any atom is 0.416 e. The van der Waals surface area contributed by atoms with Crippen molar-refractivity contribution in [1.82, 2.24) is 9.58 Å². The molecular weight excluding hydrogens is 511 g/mol. The standard InChI is InChI=1S/C26H25F5N4O3/c1-3-38-25(37)18-13-35(34-14-20(34)15-5-4-6-16(11-15)26(29,30)31)22-17(24(18)36)12-19(27)23(21(22)28)33-9-7-32(2)8-10-33/h4-6,11-13,20H,3,7-10,14H2,1-2H3. The van der Waals surface area contributed by atoms with E-state index in [0.29, 0.717) is 31.7 Å². The van der Waals surface area contributed by atoms with Gasteiger partial charge < -0.3 is 19.5 Å². The molecule has 1 aromatic heterocycles. The molecule has 2 aliphatic rings. The number of hydrogen-bond acceptors (Lipinski definition) is 6. The van der Waals surface area contributed by atoms with E-state index in [-0.39, 0.29) is 29.7 Å². The number of halogens is 5. The molecule has 0 bridgehead atoms. The molecule has 5 rings (SSSR count). The molecule has 0 spiro atoms. The highest BCUT2D eigenvalue weighted by molar-refractivity contribution is 5.95. The van der Waals surface area contributed by atoms with E-state index in [0.717, 1.165) is 24.4 Å². The van der Waals surface area contributed by atoms with Gasteiger partial charge in [0, 0.05) is 32.4 Å². The summed E-state index contributed by atoms with van der Waals surface area (Å²) < 4.78 is 77.4. The zero-order valence-electron chi connectivity index (χ0n) is 20.7. The Balaban J connectivity index is 1.66. The normalized spacial score (nSPS) is 18.2. The number of carbonyl (C=O) groups excluding carboxylic acids is 1. The second-order valence-corrected chi connectivity index (χ2v) is 9.41. The number of piperazine rings is 1. The molecule has 3 heterocycles. The Morgan fingerprint density at radius 3 is 2.47 bits per heavy atom. The lowest BCUT2D eigenvalue weighted by atomic mass is 10.1. The average Bonchev–Trinajstić information content (AvgIpc) is 3.66. The molecule has 2 saturated heterocycles. The summed E-state index contributed by atoms with van der Waals surface area (Å²) in [5.74, 6) is -2.88. The highest BCUT2D eigenvalue weighted by Crippen LogP contribution is 2.39. The van der Waals surface area contributed by atoms with Crippen LogP contribution in [0.3, 0.4) is 0 Å². The SMILES string of the molecule is CCOC(=O)c1cn(N2CC2c2cccc(C(F)(F)F)c2)c2c(F)c(N3CCN(C)CC3)c(F)cc2c1=O. The summed E-state index contributed by atoms with van der Waals surface area (Å²) in [6.45, 7) is 3.58. The van der Waals surface area contributed by atoms with Gasteiger partial charge in [-0.15, -0.1) is 0 Å². The molecule has 2 fully saturated rings. The molecule has 2 aromatic carbocycles. The third-order valence-corrected chi connectivity index (χ3v) is 6.91. The lowest BCUT2D eigenvalue weighted by Crippen LogP contribution is -2.45. The van der Waals surface area contributed by atoms with E-state index in [9.17, 15) is 22.8 Å². The summed E-state index contributed by atoms with van der Waals surface area (Å²) in [4.78, 5) is 29.3. The van der Waals surface area contributed by atoms with Gasteiger partial charge in [-0.3, -0.25) is 9.47 Å². The number of pyridine rings is 1. The van der Waals surface area contributed by atoms with Gasteiger partial charge in [-0.1, -0.05) is 12.1 Å². The van der Waals surface area contributed by atoms with E-state index >= 15 is 8.78 Å². The van der Waals surface area contributed by atoms with Gasteiger partial charge in [0.15, 0.2) is 5.82 Å². The van der Waals surface area contributed by atoms with Crippen molar-refractivity contribution in [2.75, 3.05) is 56.3 Å². The van der Waals surface area contributed by atoms with Crippen molar-refractivity contribution < 1.29 is 31.5 Å². The Hall–Kier alpha value is -3.67. The van der Waals surface area contributed by atoms with E-state index in [1.54, 1.807) is 11.8 Å². The first kappa shape index (κ1) is 26.0. The number of hydrogen-bond donors (Lipinski definition) is 0. The van der Waals surface area contributed by atoms with E-state index < -0.39 is 46.4 Å². The molecule has 1 atom stereocenters. The first-order valence-corrected chi connectivity index (χ1v) is 12.1. The monoisotopic (exact) mass is 536 g/mol. The Kier molecular flexibility index (Phi) is 6.54. The van der Waals surface area contributed by atoms with Crippen molar-refractivity contribution in [2.45, 2.75) is 19.1 Å². The highest BCUT2D eigenvalue weighted by atomic mass is 19.4. The zero-order valence-corrected chi connectivity index (χ0v) is 20.7. The molecule has 0 N–H and O–H groups in total. The van der Waals surface area contributed by atoms with Crippen LogP contribution < -0.4 is 15.3 Å². The fourth-order valence-corrected chi connectivity index (χ4v) is 4.83. The summed E-state index contributed by atoms with van der Waals surface area (Å²) in [7, 11) is 1.90. The van der Waals surface area contributed by atoms with Crippen LogP contribution in [0.5, 0.6) is 0 Å². The number of nitrogens with zero attached hydrogens (tertiary/aromatic N) is 4. The van der Waals surface area contributed by atoms with Crippen LogP contribution in [-0.4, -0.2) is 61.9 Å². The van der Waals surface area contributed by atoms with Crippen LogP contribution in [0.4, 0.5) is 27.6 Å². The van der Waals surface area contributed by atoms with Crippen molar-refractivity contribution in [1.29, 1.82) is 0 Å². The van der Waals surface area contributed by atoms with Crippen molar-refractivity contribution >= 4 is 22.6 Å². The van der Waals surface area contributed by atoms with Gasteiger partial charge >= 0.3 is 12.1 Å². The van der Waals surface area contributed by atoms with Gasteiger partial charge in [-0.2, -0.15) is 13.2 Å². The molecule has 12 heteroatoms. The largest absolute Gasteiger partial charge is 0.462 e. The number of aromatic nitrogens is 1. The summed E-state index contributed by atoms with van der Waals surface area (Å²) in [6.07, 6.45) is -3.43. The minimum Gasteiger partial charge on any atom is -0.462 e. The zero-order chi connectivity index (χ0) is 27.4. The minimum atomic E-state index is -4.54. The van der Waals surface area contributed by atoms with Gasteiger partial charge in [0.1, 0.15) is 22.6 Å². The average molecular weight is 537 g/mol. The third-order valence-electron chi connectivity index (χ3n) is 6.91. The first-order valence-electron chi connectivity index (χ1n) is 12.1. The number of anilines is 1. The quantitative estimate of drug-likeness (QED) is 0.280. The smallest absolute Gasteiger partial charge is 0.416 e. The van der Waals surface area contributed by atoms with Gasteiger partial charge in [0.05, 0.1) is 30.1 Å². The van der Waals surface area contributed by atoms with E-state index in [4.69, 9.17) is 4.74 Å². The number of fused-ring (bicyclic) bond motifs is 1. The van der Waals surface area contributed by atoms with Crippen molar-refractivity contribution in [3.05, 3.63) is 75.1 Å². The van der Waals surface area contributed by atoms with Gasteiger partial charge in [0.25, 0.3) is 0 Å². The third kappa shape index (κ3) is 4.57. The van der Waals surface area contributed by atoms with Crippen LogP contribution in [0.1, 0.15) is 34.5 Å². The van der Waals surface area contributed by atoms with Crippen LogP contribution in [0.15, 0.2) is 41.3 Å². The number of carbonyl (C=O) groups is 1. The summed E-state index contributed by atoms with van der Waals surface area (Å²) in [5, 5.41) is 1.15. The molecule has 0 amide bonds. The fourth-order valence-electron chi connectivity index (χ4n) is 4.83. The molecule has 2 aliphatic heterocycles. The molecule has 7 nitrogen and oxygen atoms in total. The topological polar surface area (TPSA) is 57.8 Å². The van der Waals surface area contributed by atoms with Crippen molar-refractivity contribution in [3.63, 3.8) is 0 Å². The predicted octanol–water partition coefficient (Wildman–Crippen LogP) is 3.92. The number of rotatable bonds is 5. The van der Waals surface area contributed by atoms with E-state index in [2.05, 4.69) is 0 Å². The van der Waals surface area contributed by atoms with Crippen LogP contribution >= 0.6 is 0 Å². The molecule has 38 heavy (non-hydrogen) atoms. The van der Waals surface area contributed by atoms with E-state index in [1.807, 2.05) is 11.9 Å². The van der Waals surface area contributed by atoms with Crippen molar-refractivity contribution in [3.8, 4) is 0 Å². The maximum absolute atomic E-state index is 16.1. The van der Waals surface area contributed by atoms with Gasteiger partial charge in [0.2, 0.25) is 5.43 Å². The second kappa shape index (κ2) is 9.57. The number of esters is 1. The van der Waals surface area contributed by atoms with Crippen molar-refractivity contribution in [2.24, 2.45) is 0 Å². The predicted molar refractivity (Wildman–Crippen MR) is 131 cm³/mol. The van der Waals surface area contributed by atoms with Crippen LogP contribution in [-0.2, 0) is 10.9 Å². The van der Waals surface area contributed by atoms with Crippen LogP contribution in [0.2, 0.25) is 0 Å². The lowest BCUT2D eigenvalue weighted by Gasteiger charge is -2.34. The minimum absolute atomic E-state index is 0.0298. The highest BCUT2D eigenvalue weighted by Gasteiger charge is 2.40. The number of alkyl halides is 3. The van der Waals surface area contributed by atoms with E-state index in [1.165, 1.54) is 21.8 Å². The Bertz CT molecular complexity index is 1460. The number of benzene rings is 2. The molecule has 0 radical (unpaired) electrons. The first-order chi connectivity index (χ1) is 18.0. The lowest BCUT2D eigenvalue weighted by molar-refractivity contribution is -0.137. The second-order valence-electron chi connectivity index (χ2n) is 9.41. The Morgan fingerprint density at radius 1 is 1.11 bits per heavy atom. The van der Waals surface area contributed by atoms with Crippen LogP contribution in [0.25, 0.3) is 10.9 Å². The van der Waals surface area contributed by atoms with Gasteiger partial charge in [-0.05, 0) is 37.7 Å². The maximum atomic E-state index is 16.1. The Morgan fingerprint density at radius 2 is 1.82 bits per heavy atom. The van der Waals surface area contributed by atoms with Crippen LogP contribution in [0, 0.1) is 11.6 Å². The summed E-state index contributed by atoms with van der Waals surface area (Å²) in [6, 6.07) is 5.08. The molecule has 1 unspecified atom stereocenters. The van der Waals surface area contributed by atoms with Gasteiger partial charge in [-0.25, -0.2) is 13.6 Å². The molecule has 3 aromatic rings. The molecule has 202 valence electrons. The molecule has 0 aliphatic carbocycles. The number of ether oxygens (including phenoxy) is 1.